The quantitative estimate of drug-likeness (QED) is 0.341. The summed E-state index contributed by atoms with van der Waals surface area (Å²) in [6.07, 6.45) is 0. The SMILES string of the molecule is Cc1cc2ccccc2cc1-c1c(C)c(C(C)C)c2ccccc2c1C(C)C. The molecule has 0 atom stereocenters. The second-order valence-electron chi connectivity index (χ2n) is 8.70. The molecule has 0 spiro atoms. The predicted octanol–water partition coefficient (Wildman–Crippen LogP) is 8.52. The van der Waals surface area contributed by atoms with Crippen LogP contribution in [0, 0.1) is 13.8 Å². The zero-order valence-corrected chi connectivity index (χ0v) is 17.9. The lowest BCUT2D eigenvalue weighted by Gasteiger charge is -2.26. The lowest BCUT2D eigenvalue weighted by molar-refractivity contribution is 0.852. The predicted molar refractivity (Wildman–Crippen MR) is 125 cm³/mol. The third kappa shape index (κ3) is 2.92. The maximum Gasteiger partial charge on any atom is -0.0108 e. The van der Waals surface area contributed by atoms with Crippen LogP contribution in [0.4, 0.5) is 0 Å². The molecule has 4 aromatic carbocycles. The van der Waals surface area contributed by atoms with E-state index in [1.807, 2.05) is 0 Å². The molecule has 0 aliphatic carbocycles. The van der Waals surface area contributed by atoms with Crippen molar-refractivity contribution >= 4 is 21.5 Å². The Morgan fingerprint density at radius 1 is 0.607 bits per heavy atom. The van der Waals surface area contributed by atoms with Crippen LogP contribution < -0.4 is 0 Å². The maximum atomic E-state index is 2.40. The Morgan fingerprint density at radius 3 is 1.68 bits per heavy atom. The van der Waals surface area contributed by atoms with Gasteiger partial charge in [-0.3, -0.25) is 0 Å². The van der Waals surface area contributed by atoms with E-state index < -0.39 is 0 Å². The molecular weight excluding hydrogens is 336 g/mol. The molecule has 0 aliphatic heterocycles. The van der Waals surface area contributed by atoms with Crippen molar-refractivity contribution in [3.63, 3.8) is 0 Å². The van der Waals surface area contributed by atoms with Gasteiger partial charge < -0.3 is 0 Å². The van der Waals surface area contributed by atoms with E-state index in [-0.39, 0.29) is 0 Å². The van der Waals surface area contributed by atoms with Crippen LogP contribution >= 0.6 is 0 Å². The molecule has 0 heterocycles. The van der Waals surface area contributed by atoms with Gasteiger partial charge in [0, 0.05) is 0 Å². The monoisotopic (exact) mass is 366 g/mol. The number of fused-ring (bicyclic) bond motifs is 2. The topological polar surface area (TPSA) is 0 Å². The van der Waals surface area contributed by atoms with Crippen molar-refractivity contribution < 1.29 is 0 Å². The fourth-order valence-corrected chi connectivity index (χ4v) is 4.94. The minimum atomic E-state index is 0.464. The summed E-state index contributed by atoms with van der Waals surface area (Å²) in [6.45, 7) is 13.9. The van der Waals surface area contributed by atoms with Crippen molar-refractivity contribution in [1.29, 1.82) is 0 Å². The summed E-state index contributed by atoms with van der Waals surface area (Å²) in [5.41, 5.74) is 8.59. The van der Waals surface area contributed by atoms with Crippen LogP contribution in [0.5, 0.6) is 0 Å². The Kier molecular flexibility index (Phi) is 4.75. The van der Waals surface area contributed by atoms with E-state index in [1.165, 1.54) is 54.9 Å². The average molecular weight is 367 g/mol. The molecule has 28 heavy (non-hydrogen) atoms. The molecular formula is C28H30. The first-order valence-corrected chi connectivity index (χ1v) is 10.4. The van der Waals surface area contributed by atoms with Gasteiger partial charge in [0.2, 0.25) is 0 Å². The summed E-state index contributed by atoms with van der Waals surface area (Å²) in [4.78, 5) is 0. The normalized spacial score (nSPS) is 11.9. The van der Waals surface area contributed by atoms with Crippen LogP contribution in [0.1, 0.15) is 61.8 Å². The van der Waals surface area contributed by atoms with E-state index in [1.54, 1.807) is 0 Å². The summed E-state index contributed by atoms with van der Waals surface area (Å²) in [5, 5.41) is 5.46. The summed E-state index contributed by atoms with van der Waals surface area (Å²) < 4.78 is 0. The summed E-state index contributed by atoms with van der Waals surface area (Å²) in [7, 11) is 0. The van der Waals surface area contributed by atoms with Crippen molar-refractivity contribution in [2.24, 2.45) is 0 Å². The number of hydrogen-bond acceptors (Lipinski definition) is 0. The van der Waals surface area contributed by atoms with Crippen LogP contribution in [0.25, 0.3) is 32.7 Å². The summed E-state index contributed by atoms with van der Waals surface area (Å²) in [6, 6.07) is 22.4. The molecule has 0 aromatic heterocycles. The molecule has 0 N–H and O–H groups in total. The van der Waals surface area contributed by atoms with Gasteiger partial charge in [0.1, 0.15) is 0 Å². The number of benzene rings is 4. The maximum absolute atomic E-state index is 2.40. The van der Waals surface area contributed by atoms with Gasteiger partial charge in [-0.25, -0.2) is 0 Å². The van der Waals surface area contributed by atoms with Crippen molar-refractivity contribution in [1.82, 2.24) is 0 Å². The van der Waals surface area contributed by atoms with Gasteiger partial charge in [0.25, 0.3) is 0 Å². The third-order valence-electron chi connectivity index (χ3n) is 6.07. The molecule has 4 rings (SSSR count). The van der Waals surface area contributed by atoms with Crippen LogP contribution in [0.15, 0.2) is 60.7 Å². The van der Waals surface area contributed by atoms with Gasteiger partial charge in [-0.05, 0) is 86.7 Å². The van der Waals surface area contributed by atoms with E-state index in [4.69, 9.17) is 0 Å². The van der Waals surface area contributed by atoms with Crippen molar-refractivity contribution in [2.45, 2.75) is 53.4 Å². The van der Waals surface area contributed by atoms with Gasteiger partial charge in [-0.1, -0.05) is 82.3 Å². The van der Waals surface area contributed by atoms with E-state index in [0.717, 1.165) is 0 Å². The van der Waals surface area contributed by atoms with Crippen molar-refractivity contribution in [3.05, 3.63) is 82.9 Å². The van der Waals surface area contributed by atoms with Gasteiger partial charge >= 0.3 is 0 Å². The smallest absolute Gasteiger partial charge is 0.0108 e. The fraction of sp³-hybridized carbons (Fsp3) is 0.286. The molecule has 0 saturated heterocycles. The van der Waals surface area contributed by atoms with Gasteiger partial charge in [0.05, 0.1) is 0 Å². The highest BCUT2D eigenvalue weighted by molar-refractivity contribution is 5.99. The Balaban J connectivity index is 2.19. The first kappa shape index (κ1) is 18.7. The van der Waals surface area contributed by atoms with Crippen LogP contribution in [0.2, 0.25) is 0 Å². The number of aryl methyl sites for hydroxylation is 1. The molecule has 0 amide bonds. The van der Waals surface area contributed by atoms with E-state index >= 15 is 0 Å². The Labute approximate surface area is 169 Å². The molecule has 0 bridgehead atoms. The van der Waals surface area contributed by atoms with Crippen LogP contribution in [-0.4, -0.2) is 0 Å². The van der Waals surface area contributed by atoms with E-state index in [0.29, 0.717) is 11.8 Å². The molecule has 142 valence electrons. The number of rotatable bonds is 3. The zero-order chi connectivity index (χ0) is 20.0. The Morgan fingerprint density at radius 2 is 1.11 bits per heavy atom. The second kappa shape index (κ2) is 7.09. The standard InChI is InChI=1S/C28H30/c1-17(2)26-20(6)28(27(18(3)4)24-14-10-9-13-23(24)26)25-16-22-12-8-7-11-21(22)15-19(25)5/h7-18H,1-6H3. The second-order valence-corrected chi connectivity index (χ2v) is 8.70. The fourth-order valence-electron chi connectivity index (χ4n) is 4.94. The molecule has 0 radical (unpaired) electrons. The Hall–Kier alpha value is -2.60. The van der Waals surface area contributed by atoms with Crippen molar-refractivity contribution in [3.8, 4) is 11.1 Å². The Bertz CT molecular complexity index is 1180. The molecule has 0 unspecified atom stereocenters. The molecule has 0 heteroatoms. The highest BCUT2D eigenvalue weighted by Gasteiger charge is 2.22. The van der Waals surface area contributed by atoms with Crippen molar-refractivity contribution in [2.75, 3.05) is 0 Å². The first-order valence-electron chi connectivity index (χ1n) is 10.4. The third-order valence-corrected chi connectivity index (χ3v) is 6.07. The molecule has 0 aliphatic rings. The minimum absolute atomic E-state index is 0.464. The summed E-state index contributed by atoms with van der Waals surface area (Å²) >= 11 is 0. The van der Waals surface area contributed by atoms with Crippen LogP contribution in [0.3, 0.4) is 0 Å². The van der Waals surface area contributed by atoms with Gasteiger partial charge in [-0.2, -0.15) is 0 Å². The molecule has 0 fully saturated rings. The minimum Gasteiger partial charge on any atom is -0.0616 e. The zero-order valence-electron chi connectivity index (χ0n) is 17.9. The van der Waals surface area contributed by atoms with Crippen LogP contribution in [-0.2, 0) is 0 Å². The van der Waals surface area contributed by atoms with Gasteiger partial charge in [-0.15, -0.1) is 0 Å². The van der Waals surface area contributed by atoms with E-state index in [9.17, 15) is 0 Å². The van der Waals surface area contributed by atoms with Gasteiger partial charge in [0.15, 0.2) is 0 Å². The number of hydrogen-bond donors (Lipinski definition) is 0. The lowest BCUT2D eigenvalue weighted by atomic mass is 9.78. The highest BCUT2D eigenvalue weighted by atomic mass is 14.3. The summed E-state index contributed by atoms with van der Waals surface area (Å²) in [5.74, 6) is 0.955. The molecule has 4 aromatic rings. The van der Waals surface area contributed by atoms with E-state index in [2.05, 4.69) is 102 Å². The lowest BCUT2D eigenvalue weighted by Crippen LogP contribution is -2.04. The highest BCUT2D eigenvalue weighted by Crippen LogP contribution is 2.44. The largest absolute Gasteiger partial charge is 0.0616 e. The molecule has 0 saturated carbocycles. The average Bonchev–Trinajstić information content (AvgIpc) is 2.66. The first-order chi connectivity index (χ1) is 13.4. The molecule has 0 nitrogen and oxygen atoms in total.